The first-order chi connectivity index (χ1) is 12.1. The van der Waals surface area contributed by atoms with Gasteiger partial charge in [-0.1, -0.05) is 44.9 Å². The summed E-state index contributed by atoms with van der Waals surface area (Å²) >= 11 is 7.02. The van der Waals surface area contributed by atoms with Crippen LogP contribution >= 0.6 is 11.6 Å². The number of allylic oxidation sites excluding steroid dienone is 1. The van der Waals surface area contributed by atoms with Gasteiger partial charge in [-0.2, -0.15) is 0 Å². The van der Waals surface area contributed by atoms with E-state index in [2.05, 4.69) is 67.2 Å². The fourth-order valence-electron chi connectivity index (χ4n) is 5.22. The Morgan fingerprint density at radius 3 is 1.67 bits per heavy atom. The highest BCUT2D eigenvalue weighted by atomic mass is 35.5. The summed E-state index contributed by atoms with van der Waals surface area (Å²) in [6.07, 6.45) is 0. The van der Waals surface area contributed by atoms with Crippen molar-refractivity contribution in [3.63, 3.8) is 0 Å². The lowest BCUT2D eigenvalue weighted by Crippen LogP contribution is -2.66. The lowest BCUT2D eigenvalue weighted by atomic mass is 9.47. The van der Waals surface area contributed by atoms with Crippen LogP contribution in [0.3, 0.4) is 0 Å². The highest BCUT2D eigenvalue weighted by Gasteiger charge is 2.64. The maximum atomic E-state index is 14.1. The second-order valence-electron chi connectivity index (χ2n) is 9.62. The van der Waals surface area contributed by atoms with Gasteiger partial charge in [0.05, 0.1) is 0 Å². The van der Waals surface area contributed by atoms with E-state index in [9.17, 15) is 4.79 Å². The normalized spacial score (nSPS) is 24.7. The second kappa shape index (κ2) is 6.46. The molecule has 1 aliphatic carbocycles. The zero-order valence-electron chi connectivity index (χ0n) is 19.2. The summed E-state index contributed by atoms with van der Waals surface area (Å²) in [4.78, 5) is 16.2. The van der Waals surface area contributed by atoms with Crippen molar-refractivity contribution in [1.82, 2.24) is 4.90 Å². The maximum absolute atomic E-state index is 14.1. The van der Waals surface area contributed by atoms with Crippen molar-refractivity contribution >= 4 is 17.4 Å². The van der Waals surface area contributed by atoms with Crippen LogP contribution in [0.2, 0.25) is 5.02 Å². The molecule has 27 heavy (non-hydrogen) atoms. The average molecular weight is 390 g/mol. The molecule has 0 aliphatic heterocycles. The number of hydrogen-bond acceptors (Lipinski definition) is 2. The molecule has 0 amide bonds. The van der Waals surface area contributed by atoms with Crippen LogP contribution in [0.1, 0.15) is 69.4 Å². The first kappa shape index (κ1) is 22.2. The van der Waals surface area contributed by atoms with E-state index in [1.807, 2.05) is 21.0 Å². The van der Waals surface area contributed by atoms with Crippen LogP contribution in [-0.4, -0.2) is 24.8 Å². The van der Waals surface area contributed by atoms with Crippen molar-refractivity contribution in [2.24, 2.45) is 10.8 Å². The highest BCUT2D eigenvalue weighted by molar-refractivity contribution is 6.33. The van der Waals surface area contributed by atoms with E-state index in [4.69, 9.17) is 11.6 Å². The van der Waals surface area contributed by atoms with Crippen molar-refractivity contribution in [1.29, 1.82) is 0 Å². The van der Waals surface area contributed by atoms with E-state index in [1.165, 1.54) is 16.7 Å². The van der Waals surface area contributed by atoms with Gasteiger partial charge in [-0.05, 0) is 88.9 Å². The molecule has 3 heteroatoms. The van der Waals surface area contributed by atoms with Crippen molar-refractivity contribution in [3.05, 3.63) is 44.0 Å². The van der Waals surface area contributed by atoms with E-state index in [0.29, 0.717) is 0 Å². The average Bonchev–Trinajstić information content (AvgIpc) is 2.58. The van der Waals surface area contributed by atoms with Gasteiger partial charge in [0.15, 0.2) is 5.78 Å². The number of rotatable bonds is 2. The molecule has 0 radical (unpaired) electrons. The predicted molar refractivity (Wildman–Crippen MR) is 117 cm³/mol. The molecule has 0 N–H and O–H groups in total. The molecule has 0 fully saturated rings. The summed E-state index contributed by atoms with van der Waals surface area (Å²) < 4.78 is 0. The Balaban J connectivity index is 3.18. The topological polar surface area (TPSA) is 20.3 Å². The number of benzene rings is 1. The van der Waals surface area contributed by atoms with Crippen molar-refractivity contribution < 1.29 is 4.79 Å². The lowest BCUT2D eigenvalue weighted by molar-refractivity contribution is -0.145. The van der Waals surface area contributed by atoms with Crippen molar-refractivity contribution in [2.45, 2.75) is 74.8 Å². The molecule has 1 aromatic rings. The molecule has 1 aromatic carbocycles. The van der Waals surface area contributed by atoms with Gasteiger partial charge in [0.2, 0.25) is 0 Å². The predicted octanol–water partition coefficient (Wildman–Crippen LogP) is 6.30. The summed E-state index contributed by atoms with van der Waals surface area (Å²) in [5.41, 5.74) is 6.27. The van der Waals surface area contributed by atoms with Crippen molar-refractivity contribution in [3.8, 4) is 0 Å². The van der Waals surface area contributed by atoms with Crippen LogP contribution in [0.5, 0.6) is 0 Å². The molecule has 150 valence electrons. The fraction of sp³-hybridized carbons (Fsp3) is 0.625. The summed E-state index contributed by atoms with van der Waals surface area (Å²) in [7, 11) is 4.04. The quantitative estimate of drug-likeness (QED) is 0.591. The Morgan fingerprint density at radius 2 is 1.22 bits per heavy atom. The van der Waals surface area contributed by atoms with Crippen LogP contribution in [0.15, 0.2) is 11.1 Å². The molecule has 0 aromatic heterocycles. The molecule has 2 rings (SSSR count). The SMILES string of the molecule is CC1=C(C)C(C)(C)C(C)(C)C(c2c(C)c(C)c(C)c(C)c2Cl)(N(C)C)C1=O. The smallest absolute Gasteiger partial charge is 0.183 e. The Hall–Kier alpha value is -1.12. The monoisotopic (exact) mass is 389 g/mol. The van der Waals surface area contributed by atoms with Crippen LogP contribution in [0.25, 0.3) is 0 Å². The Labute approximate surface area is 171 Å². The minimum absolute atomic E-state index is 0.168. The first-order valence-electron chi connectivity index (χ1n) is 9.76. The van der Waals surface area contributed by atoms with E-state index in [-0.39, 0.29) is 16.6 Å². The number of Topliss-reactive ketones (excluding diaryl/α,β-unsaturated/α-hetero) is 1. The van der Waals surface area contributed by atoms with Gasteiger partial charge in [0.25, 0.3) is 0 Å². The largest absolute Gasteiger partial charge is 0.293 e. The van der Waals surface area contributed by atoms with Crippen molar-refractivity contribution in [2.75, 3.05) is 14.1 Å². The standard InChI is InChI=1S/C24H36ClNO/c1-13-14(2)16(4)20(25)19(15(13)3)24(26(11)12)21(27)17(5)18(6)22(7,8)23(24,9)10/h1-12H3. The van der Waals surface area contributed by atoms with Crippen LogP contribution in [0, 0.1) is 38.5 Å². The molecular weight excluding hydrogens is 354 g/mol. The number of carbonyl (C=O) groups is 1. The number of halogens is 1. The number of likely N-dealkylation sites (N-methyl/N-ethyl adjacent to an activating group) is 1. The lowest BCUT2D eigenvalue weighted by Gasteiger charge is -2.61. The minimum Gasteiger partial charge on any atom is -0.293 e. The fourth-order valence-corrected chi connectivity index (χ4v) is 5.64. The molecule has 2 nitrogen and oxygen atoms in total. The zero-order chi connectivity index (χ0) is 21.3. The molecule has 1 aliphatic rings. The molecule has 0 heterocycles. The molecule has 0 spiro atoms. The van der Waals surface area contributed by atoms with Crippen LogP contribution < -0.4 is 0 Å². The first-order valence-corrected chi connectivity index (χ1v) is 10.1. The molecule has 0 saturated heterocycles. The van der Waals surface area contributed by atoms with Gasteiger partial charge in [-0.25, -0.2) is 0 Å². The number of carbonyl (C=O) groups excluding carboxylic acids is 1. The van der Waals surface area contributed by atoms with Gasteiger partial charge in [0, 0.05) is 16.0 Å². The minimum atomic E-state index is -0.829. The molecule has 1 unspecified atom stereocenters. The van der Waals surface area contributed by atoms with Gasteiger partial charge in [-0.3, -0.25) is 9.69 Å². The second-order valence-corrected chi connectivity index (χ2v) is 10.0. The Kier molecular flexibility index (Phi) is 5.30. The number of ketones is 1. The summed E-state index contributed by atoms with van der Waals surface area (Å²) in [5, 5.41) is 0.730. The molecule has 1 atom stereocenters. The Bertz CT molecular complexity index is 829. The number of nitrogens with zero attached hydrogens (tertiary/aromatic N) is 1. The zero-order valence-corrected chi connectivity index (χ0v) is 20.0. The van der Waals surface area contributed by atoms with Gasteiger partial charge >= 0.3 is 0 Å². The third-order valence-electron chi connectivity index (χ3n) is 8.28. The molecule has 0 saturated carbocycles. The maximum Gasteiger partial charge on any atom is 0.183 e. The third kappa shape index (κ3) is 2.45. The third-order valence-corrected chi connectivity index (χ3v) is 8.75. The van der Waals surface area contributed by atoms with Gasteiger partial charge < -0.3 is 0 Å². The Morgan fingerprint density at radius 1 is 0.778 bits per heavy atom. The summed E-state index contributed by atoms with van der Waals surface area (Å²) in [6.45, 7) is 21.5. The summed E-state index contributed by atoms with van der Waals surface area (Å²) in [6, 6.07) is 0. The number of hydrogen-bond donors (Lipinski definition) is 0. The molecule has 0 bridgehead atoms. The summed E-state index contributed by atoms with van der Waals surface area (Å²) in [5.74, 6) is 0.168. The highest BCUT2D eigenvalue weighted by Crippen LogP contribution is 2.63. The van der Waals surface area contributed by atoms with E-state index in [1.54, 1.807) is 0 Å². The van der Waals surface area contributed by atoms with E-state index >= 15 is 0 Å². The van der Waals surface area contributed by atoms with E-state index in [0.717, 1.165) is 27.3 Å². The van der Waals surface area contributed by atoms with Crippen LogP contribution in [-0.2, 0) is 10.3 Å². The van der Waals surface area contributed by atoms with E-state index < -0.39 is 5.54 Å². The van der Waals surface area contributed by atoms with Crippen LogP contribution in [0.4, 0.5) is 0 Å². The molecular formula is C24H36ClNO. The van der Waals surface area contributed by atoms with Gasteiger partial charge in [0.1, 0.15) is 5.54 Å². The van der Waals surface area contributed by atoms with Gasteiger partial charge in [-0.15, -0.1) is 0 Å².